The van der Waals surface area contributed by atoms with Crippen LogP contribution < -0.4 is 0 Å². The Kier molecular flexibility index (Phi) is 5.25. The van der Waals surface area contributed by atoms with E-state index in [9.17, 15) is 31.4 Å². The molecule has 4 atom stereocenters. The van der Waals surface area contributed by atoms with E-state index in [2.05, 4.69) is 9.88 Å². The Labute approximate surface area is 169 Å². The Balaban J connectivity index is 1.74. The van der Waals surface area contributed by atoms with Gasteiger partial charge in [0, 0.05) is 24.5 Å². The number of hydrogen-bond acceptors (Lipinski definition) is 3. The van der Waals surface area contributed by atoms with Crippen molar-refractivity contribution in [3.63, 3.8) is 0 Å². The minimum absolute atomic E-state index is 0.111. The van der Waals surface area contributed by atoms with Crippen LogP contribution in [0.4, 0.5) is 26.3 Å². The lowest BCUT2D eigenvalue weighted by Crippen LogP contribution is -2.37. The molecule has 1 aliphatic carbocycles. The van der Waals surface area contributed by atoms with E-state index in [0.29, 0.717) is 30.6 Å². The molecule has 3 nitrogen and oxygen atoms in total. The molecule has 0 amide bonds. The summed E-state index contributed by atoms with van der Waals surface area (Å²) < 4.78 is 80.4. The molecule has 2 fully saturated rings. The predicted octanol–water partition coefficient (Wildman–Crippen LogP) is 5.43. The zero-order valence-corrected chi connectivity index (χ0v) is 16.3. The number of aliphatic hydroxyl groups excluding tert-OH is 1. The van der Waals surface area contributed by atoms with Crippen LogP contribution in [-0.4, -0.2) is 34.1 Å². The molecule has 1 aromatic carbocycles. The molecule has 2 heterocycles. The van der Waals surface area contributed by atoms with Crippen LogP contribution in [-0.2, 0) is 12.4 Å². The molecule has 4 rings (SSSR count). The number of fused-ring (bicyclic) bond motifs is 3. The van der Waals surface area contributed by atoms with E-state index in [1.165, 1.54) is 12.5 Å². The molecule has 1 N–H and O–H groups in total. The van der Waals surface area contributed by atoms with E-state index < -0.39 is 41.1 Å². The van der Waals surface area contributed by atoms with Crippen LogP contribution in [0.15, 0.2) is 24.3 Å². The maximum Gasteiger partial charge on any atom is 0.433 e. The maximum atomic E-state index is 13.4. The van der Waals surface area contributed by atoms with Crippen molar-refractivity contribution in [1.82, 2.24) is 9.88 Å². The van der Waals surface area contributed by atoms with Crippen LogP contribution in [0.5, 0.6) is 0 Å². The monoisotopic (exact) mass is 432 g/mol. The molecule has 1 saturated heterocycles. The van der Waals surface area contributed by atoms with Gasteiger partial charge in [-0.05, 0) is 48.8 Å². The number of rotatable bonds is 4. The number of aromatic nitrogens is 1. The van der Waals surface area contributed by atoms with Gasteiger partial charge in [0.1, 0.15) is 5.69 Å². The second-order valence-corrected chi connectivity index (χ2v) is 8.50. The summed E-state index contributed by atoms with van der Waals surface area (Å²) in [5.41, 5.74) is -3.64. The van der Waals surface area contributed by atoms with E-state index >= 15 is 0 Å². The van der Waals surface area contributed by atoms with Crippen molar-refractivity contribution in [3.05, 3.63) is 41.1 Å². The molecule has 2 aromatic rings. The van der Waals surface area contributed by atoms with Crippen molar-refractivity contribution in [2.45, 2.75) is 50.7 Å². The summed E-state index contributed by atoms with van der Waals surface area (Å²) in [6.45, 7) is 3.08. The van der Waals surface area contributed by atoms with Crippen LogP contribution in [0.25, 0.3) is 10.9 Å². The largest absolute Gasteiger partial charge is 0.433 e. The average Bonchev–Trinajstić information content (AvgIpc) is 3.27. The van der Waals surface area contributed by atoms with Crippen molar-refractivity contribution >= 4 is 10.9 Å². The highest BCUT2D eigenvalue weighted by atomic mass is 19.4. The third kappa shape index (κ3) is 3.89. The zero-order chi connectivity index (χ0) is 21.8. The number of alkyl halides is 6. The van der Waals surface area contributed by atoms with Gasteiger partial charge in [0.25, 0.3) is 0 Å². The average molecular weight is 432 g/mol. The van der Waals surface area contributed by atoms with Gasteiger partial charge in [-0.15, -0.1) is 0 Å². The molecule has 1 aliphatic heterocycles. The Morgan fingerprint density at radius 2 is 1.87 bits per heavy atom. The highest BCUT2D eigenvalue weighted by Crippen LogP contribution is 2.42. The lowest BCUT2D eigenvalue weighted by atomic mass is 9.92. The third-order valence-corrected chi connectivity index (χ3v) is 6.37. The molecule has 0 radical (unpaired) electrons. The number of halogens is 6. The summed E-state index contributed by atoms with van der Waals surface area (Å²) in [6, 6.07) is 4.21. The highest BCUT2D eigenvalue weighted by Gasteiger charge is 2.40. The lowest BCUT2D eigenvalue weighted by Gasteiger charge is -2.31. The van der Waals surface area contributed by atoms with E-state index in [1.54, 1.807) is 6.92 Å². The summed E-state index contributed by atoms with van der Waals surface area (Å²) in [5.74, 6) is 0.165. The predicted molar refractivity (Wildman–Crippen MR) is 98.6 cm³/mol. The first-order valence-electron chi connectivity index (χ1n) is 9.95. The van der Waals surface area contributed by atoms with Gasteiger partial charge in [0.15, 0.2) is 0 Å². The van der Waals surface area contributed by atoms with Gasteiger partial charge in [-0.1, -0.05) is 19.1 Å². The molecule has 164 valence electrons. The first-order valence-corrected chi connectivity index (χ1v) is 9.95. The molecular formula is C21H22F6N2O. The number of benzene rings is 1. The van der Waals surface area contributed by atoms with Crippen LogP contribution in [0.2, 0.25) is 0 Å². The van der Waals surface area contributed by atoms with Crippen molar-refractivity contribution in [2.24, 2.45) is 11.8 Å². The van der Waals surface area contributed by atoms with Crippen LogP contribution in [0, 0.1) is 11.8 Å². The van der Waals surface area contributed by atoms with Gasteiger partial charge in [-0.25, -0.2) is 4.98 Å². The summed E-state index contributed by atoms with van der Waals surface area (Å²) in [6.07, 6.45) is -7.81. The van der Waals surface area contributed by atoms with Crippen LogP contribution >= 0.6 is 0 Å². The Hall–Kier alpha value is -1.87. The number of pyridine rings is 1. The molecule has 4 unspecified atom stereocenters. The van der Waals surface area contributed by atoms with Gasteiger partial charge in [-0.2, -0.15) is 26.3 Å². The summed E-state index contributed by atoms with van der Waals surface area (Å²) in [4.78, 5) is 5.52. The van der Waals surface area contributed by atoms with E-state index in [-0.39, 0.29) is 10.9 Å². The fourth-order valence-corrected chi connectivity index (χ4v) is 4.92. The van der Waals surface area contributed by atoms with Gasteiger partial charge >= 0.3 is 12.4 Å². The summed E-state index contributed by atoms with van der Waals surface area (Å²) >= 11 is 0. The fourth-order valence-electron chi connectivity index (χ4n) is 4.92. The van der Waals surface area contributed by atoms with Crippen molar-refractivity contribution in [2.75, 3.05) is 13.1 Å². The number of piperidine rings is 1. The molecule has 2 bridgehead atoms. The van der Waals surface area contributed by atoms with E-state index in [4.69, 9.17) is 0 Å². The summed E-state index contributed by atoms with van der Waals surface area (Å²) in [7, 11) is 0. The Morgan fingerprint density at radius 3 is 2.43 bits per heavy atom. The quantitative estimate of drug-likeness (QED) is 0.655. The summed E-state index contributed by atoms with van der Waals surface area (Å²) in [5, 5.41) is 10.8. The van der Waals surface area contributed by atoms with Gasteiger partial charge in [0.2, 0.25) is 0 Å². The number of aliphatic hydroxyl groups is 1. The standard InChI is InChI=1S/C21H22F6N2O/c1-11(9-29-10-12-5-6-13(29)7-12)19(30)15-8-17(21(25,26)27)28-18-14(15)3-2-4-16(18)20(22,23)24/h2-4,8,11-13,19,30H,5-7,9-10H2,1H3. The Bertz CT molecular complexity index is 941. The molecule has 9 heteroatoms. The third-order valence-electron chi connectivity index (χ3n) is 6.37. The van der Waals surface area contributed by atoms with E-state index in [1.807, 2.05) is 0 Å². The maximum absolute atomic E-state index is 13.4. The molecule has 1 aromatic heterocycles. The van der Waals surface area contributed by atoms with Crippen molar-refractivity contribution in [3.8, 4) is 0 Å². The topological polar surface area (TPSA) is 36.4 Å². The van der Waals surface area contributed by atoms with Crippen molar-refractivity contribution < 1.29 is 31.4 Å². The van der Waals surface area contributed by atoms with Crippen LogP contribution in [0.1, 0.15) is 49.1 Å². The minimum Gasteiger partial charge on any atom is -0.388 e. The normalized spacial score (nSPS) is 24.5. The SMILES string of the molecule is CC(CN1CC2CCC1C2)C(O)c1cc(C(F)(F)F)nc2c(C(F)(F)F)cccc12. The lowest BCUT2D eigenvalue weighted by molar-refractivity contribution is -0.142. The second kappa shape index (κ2) is 7.37. The first kappa shape index (κ1) is 21.4. The minimum atomic E-state index is -4.93. The number of nitrogens with zero attached hydrogens (tertiary/aromatic N) is 2. The second-order valence-electron chi connectivity index (χ2n) is 8.50. The van der Waals surface area contributed by atoms with Crippen molar-refractivity contribution in [1.29, 1.82) is 0 Å². The Morgan fingerprint density at radius 1 is 1.13 bits per heavy atom. The van der Waals surface area contributed by atoms with E-state index in [0.717, 1.165) is 25.5 Å². The zero-order valence-electron chi connectivity index (χ0n) is 16.3. The van der Waals surface area contributed by atoms with Crippen LogP contribution in [0.3, 0.4) is 0 Å². The number of likely N-dealkylation sites (tertiary alicyclic amines) is 1. The smallest absolute Gasteiger partial charge is 0.388 e. The van der Waals surface area contributed by atoms with Gasteiger partial charge < -0.3 is 5.11 Å². The molecular weight excluding hydrogens is 410 g/mol. The molecule has 30 heavy (non-hydrogen) atoms. The molecule has 2 aliphatic rings. The molecule has 0 spiro atoms. The highest BCUT2D eigenvalue weighted by molar-refractivity contribution is 5.86. The molecule has 1 saturated carbocycles. The number of hydrogen-bond donors (Lipinski definition) is 1. The van der Waals surface area contributed by atoms with Gasteiger partial charge in [-0.3, -0.25) is 4.90 Å². The van der Waals surface area contributed by atoms with Gasteiger partial charge in [0.05, 0.1) is 17.2 Å². The number of para-hydroxylation sites is 1. The fraction of sp³-hybridized carbons (Fsp3) is 0.571. The first-order chi connectivity index (χ1) is 13.9.